The normalized spacial score (nSPS) is 11.5. The quantitative estimate of drug-likeness (QED) is 0.204. The van der Waals surface area contributed by atoms with Crippen LogP contribution in [0.4, 0.5) is 35.0 Å². The molecule has 15 heteroatoms. The molecule has 0 spiro atoms. The third-order valence-electron chi connectivity index (χ3n) is 4.25. The van der Waals surface area contributed by atoms with Crippen molar-refractivity contribution < 1.29 is 40.8 Å². The van der Waals surface area contributed by atoms with Gasteiger partial charge in [0.05, 0.1) is 22.5 Å². The third kappa shape index (κ3) is 7.41. The molecule has 0 saturated heterocycles. The minimum atomic E-state index is -4.81. The fraction of sp³-hybridized carbons (Fsp3) is 0.263. The van der Waals surface area contributed by atoms with Gasteiger partial charge in [0.1, 0.15) is 5.69 Å². The Labute approximate surface area is 191 Å². The second-order valence-electron chi connectivity index (χ2n) is 6.67. The lowest BCUT2D eigenvalue weighted by Crippen LogP contribution is -2.25. The van der Waals surface area contributed by atoms with Crippen molar-refractivity contribution in [2.75, 3.05) is 24.3 Å². The number of methoxy groups -OCH3 is 1. The van der Waals surface area contributed by atoms with Gasteiger partial charge in [-0.1, -0.05) is 6.07 Å². The Kier molecular flexibility index (Phi) is 8.53. The van der Waals surface area contributed by atoms with Crippen molar-refractivity contribution >= 4 is 39.1 Å². The number of nitro benzene ring substituents is 1. The van der Waals surface area contributed by atoms with Crippen LogP contribution < -0.4 is 15.4 Å². The summed E-state index contributed by atoms with van der Waals surface area (Å²) in [4.78, 5) is 33.1. The van der Waals surface area contributed by atoms with Gasteiger partial charge in [-0.05, 0) is 36.8 Å². The standard InChI is InChI=1S/C19H19F3N4O7S/c1-33-17(27)6-3-9-23-34(31,32)14-5-2-4-13(11-14)24-18(28)25-15-8-7-12(19(20,21)22)10-16(15)26(29)30/h2,4-5,7-8,10-11,23H,3,6,9H2,1H3,(H2,24,25,28). The van der Waals surface area contributed by atoms with Gasteiger partial charge in [0.25, 0.3) is 5.69 Å². The lowest BCUT2D eigenvalue weighted by Gasteiger charge is -2.12. The first kappa shape index (κ1) is 26.5. The largest absolute Gasteiger partial charge is 0.469 e. The van der Waals surface area contributed by atoms with Crippen molar-refractivity contribution in [1.29, 1.82) is 0 Å². The number of esters is 1. The smallest absolute Gasteiger partial charge is 0.416 e. The summed E-state index contributed by atoms with van der Waals surface area (Å²) in [5, 5.41) is 15.4. The summed E-state index contributed by atoms with van der Waals surface area (Å²) < 4.78 is 69.9. The van der Waals surface area contributed by atoms with E-state index < -0.39 is 50.1 Å². The minimum absolute atomic E-state index is 0.00972. The zero-order chi connectivity index (χ0) is 25.5. The van der Waals surface area contributed by atoms with Crippen LogP contribution in [0.15, 0.2) is 47.4 Å². The number of alkyl halides is 3. The van der Waals surface area contributed by atoms with Crippen molar-refractivity contribution in [3.05, 3.63) is 58.1 Å². The Morgan fingerprint density at radius 3 is 2.44 bits per heavy atom. The number of nitrogens with one attached hydrogen (secondary N) is 3. The van der Waals surface area contributed by atoms with E-state index in [0.29, 0.717) is 6.07 Å². The van der Waals surface area contributed by atoms with Crippen LogP contribution in [0.5, 0.6) is 0 Å². The van der Waals surface area contributed by atoms with E-state index in [1.807, 2.05) is 0 Å². The summed E-state index contributed by atoms with van der Waals surface area (Å²) in [6, 6.07) is 5.53. The molecule has 184 valence electrons. The highest BCUT2D eigenvalue weighted by Gasteiger charge is 2.33. The highest BCUT2D eigenvalue weighted by molar-refractivity contribution is 7.89. The molecule has 0 atom stereocenters. The van der Waals surface area contributed by atoms with E-state index >= 15 is 0 Å². The van der Waals surface area contributed by atoms with Gasteiger partial charge >= 0.3 is 18.2 Å². The fourth-order valence-electron chi connectivity index (χ4n) is 2.62. The van der Waals surface area contributed by atoms with Gasteiger partial charge in [-0.25, -0.2) is 17.9 Å². The molecule has 34 heavy (non-hydrogen) atoms. The molecule has 0 aromatic heterocycles. The average molecular weight is 504 g/mol. The summed E-state index contributed by atoms with van der Waals surface area (Å²) in [6.07, 6.45) is -4.61. The number of nitro groups is 1. The van der Waals surface area contributed by atoms with Gasteiger partial charge in [0.2, 0.25) is 10.0 Å². The third-order valence-corrected chi connectivity index (χ3v) is 5.71. The fourth-order valence-corrected chi connectivity index (χ4v) is 3.73. The highest BCUT2D eigenvalue weighted by Crippen LogP contribution is 2.35. The zero-order valence-corrected chi connectivity index (χ0v) is 18.3. The number of nitrogens with zero attached hydrogens (tertiary/aromatic N) is 1. The topological polar surface area (TPSA) is 157 Å². The van der Waals surface area contributed by atoms with E-state index in [9.17, 15) is 41.3 Å². The molecule has 0 bridgehead atoms. The van der Waals surface area contributed by atoms with E-state index in [2.05, 4.69) is 20.1 Å². The first-order valence-corrected chi connectivity index (χ1v) is 10.9. The van der Waals surface area contributed by atoms with Gasteiger partial charge < -0.3 is 15.4 Å². The number of amides is 2. The predicted octanol–water partition coefficient (Wildman–Crippen LogP) is 3.49. The molecule has 2 aromatic rings. The predicted molar refractivity (Wildman–Crippen MR) is 114 cm³/mol. The maximum atomic E-state index is 12.8. The van der Waals surface area contributed by atoms with Crippen LogP contribution in [0.25, 0.3) is 0 Å². The molecule has 2 amide bonds. The van der Waals surface area contributed by atoms with E-state index in [4.69, 9.17) is 0 Å². The van der Waals surface area contributed by atoms with Crippen LogP contribution in [0.3, 0.4) is 0 Å². The van der Waals surface area contributed by atoms with Crippen molar-refractivity contribution in [2.24, 2.45) is 0 Å². The maximum Gasteiger partial charge on any atom is 0.416 e. The zero-order valence-electron chi connectivity index (χ0n) is 17.5. The van der Waals surface area contributed by atoms with Gasteiger partial charge in [0.15, 0.2) is 0 Å². The molecule has 0 saturated carbocycles. The minimum Gasteiger partial charge on any atom is -0.469 e. The number of sulfonamides is 1. The number of urea groups is 1. The number of halogens is 3. The molecule has 0 aliphatic heterocycles. The molecule has 0 unspecified atom stereocenters. The number of rotatable bonds is 9. The lowest BCUT2D eigenvalue weighted by atomic mass is 10.1. The maximum absolute atomic E-state index is 12.8. The Hall–Kier alpha value is -3.72. The molecule has 2 rings (SSSR count). The highest BCUT2D eigenvalue weighted by atomic mass is 32.2. The van der Waals surface area contributed by atoms with Crippen LogP contribution >= 0.6 is 0 Å². The molecule has 0 fully saturated rings. The van der Waals surface area contributed by atoms with Crippen LogP contribution in [-0.2, 0) is 25.7 Å². The number of hydrogen-bond donors (Lipinski definition) is 3. The molecular weight excluding hydrogens is 485 g/mol. The molecule has 3 N–H and O–H groups in total. The van der Waals surface area contributed by atoms with Crippen LogP contribution in [0, 0.1) is 10.1 Å². The van der Waals surface area contributed by atoms with E-state index in [-0.39, 0.29) is 36.0 Å². The number of benzene rings is 2. The Balaban J connectivity index is 2.10. The molecule has 0 heterocycles. The van der Waals surface area contributed by atoms with E-state index in [0.717, 1.165) is 12.1 Å². The Morgan fingerprint density at radius 1 is 1.12 bits per heavy atom. The first-order chi connectivity index (χ1) is 15.8. The molecular formula is C19H19F3N4O7S. The van der Waals surface area contributed by atoms with Gasteiger partial charge in [-0.2, -0.15) is 13.2 Å². The molecule has 0 radical (unpaired) electrons. The summed E-state index contributed by atoms with van der Waals surface area (Å²) in [5.74, 6) is -0.496. The van der Waals surface area contributed by atoms with Crippen molar-refractivity contribution in [3.63, 3.8) is 0 Å². The number of carbonyl (C=O) groups is 2. The molecule has 11 nitrogen and oxygen atoms in total. The van der Waals surface area contributed by atoms with Gasteiger partial charge in [-0.3, -0.25) is 14.9 Å². The molecule has 2 aromatic carbocycles. The lowest BCUT2D eigenvalue weighted by molar-refractivity contribution is -0.384. The molecule has 0 aliphatic rings. The number of anilines is 2. The molecule has 0 aliphatic carbocycles. The Bertz CT molecular complexity index is 1190. The van der Waals surface area contributed by atoms with E-state index in [1.165, 1.54) is 25.3 Å². The van der Waals surface area contributed by atoms with Crippen LogP contribution in [-0.4, -0.2) is 39.0 Å². The van der Waals surface area contributed by atoms with Gasteiger partial charge in [0, 0.05) is 24.7 Å². The monoisotopic (exact) mass is 504 g/mol. The van der Waals surface area contributed by atoms with Crippen molar-refractivity contribution in [1.82, 2.24) is 4.72 Å². The first-order valence-electron chi connectivity index (χ1n) is 9.43. The van der Waals surface area contributed by atoms with E-state index in [1.54, 1.807) is 0 Å². The van der Waals surface area contributed by atoms with Crippen LogP contribution in [0.2, 0.25) is 0 Å². The average Bonchev–Trinajstić information content (AvgIpc) is 2.76. The second kappa shape index (κ2) is 10.9. The number of ether oxygens (including phenoxy) is 1. The SMILES string of the molecule is COC(=O)CCCNS(=O)(=O)c1cccc(NC(=O)Nc2ccc(C(F)(F)F)cc2[N+](=O)[O-])c1. The second-order valence-corrected chi connectivity index (χ2v) is 8.44. The summed E-state index contributed by atoms with van der Waals surface area (Å²) in [5.41, 5.74) is -2.74. The summed E-state index contributed by atoms with van der Waals surface area (Å²) >= 11 is 0. The number of carbonyl (C=O) groups excluding carboxylic acids is 2. The summed E-state index contributed by atoms with van der Waals surface area (Å²) in [7, 11) is -2.78. The Morgan fingerprint density at radius 2 is 1.82 bits per heavy atom. The van der Waals surface area contributed by atoms with Crippen LogP contribution in [0.1, 0.15) is 18.4 Å². The van der Waals surface area contributed by atoms with Gasteiger partial charge in [-0.15, -0.1) is 0 Å². The number of hydrogen-bond acceptors (Lipinski definition) is 7. The summed E-state index contributed by atoms with van der Waals surface area (Å²) in [6.45, 7) is -0.0484. The van der Waals surface area contributed by atoms with Crippen molar-refractivity contribution in [3.8, 4) is 0 Å². The van der Waals surface area contributed by atoms with Crippen molar-refractivity contribution in [2.45, 2.75) is 23.9 Å².